The van der Waals surface area contributed by atoms with E-state index in [1.54, 1.807) is 23.1 Å². The molecular weight excluding hydrogens is 487 g/mol. The second kappa shape index (κ2) is 9.87. The van der Waals surface area contributed by atoms with Crippen LogP contribution >= 0.6 is 0 Å². The predicted octanol–water partition coefficient (Wildman–Crippen LogP) is 4.52. The number of benzene rings is 2. The summed E-state index contributed by atoms with van der Waals surface area (Å²) in [6.07, 6.45) is -3.58. The molecule has 1 fully saturated rings. The Morgan fingerprint density at radius 1 is 1.00 bits per heavy atom. The van der Waals surface area contributed by atoms with E-state index in [-0.39, 0.29) is 23.7 Å². The molecule has 2 aliphatic heterocycles. The van der Waals surface area contributed by atoms with Gasteiger partial charge in [0, 0.05) is 38.3 Å². The van der Waals surface area contributed by atoms with Crippen molar-refractivity contribution in [3.63, 3.8) is 0 Å². The molecule has 0 unspecified atom stereocenters. The van der Waals surface area contributed by atoms with Crippen molar-refractivity contribution >= 4 is 17.4 Å². The number of alkyl halides is 3. The highest BCUT2D eigenvalue weighted by atomic mass is 19.4. The fourth-order valence-corrected chi connectivity index (χ4v) is 4.98. The molecule has 5 rings (SSSR count). The number of nitrogens with zero attached hydrogens (tertiary/aromatic N) is 4. The van der Waals surface area contributed by atoms with Crippen LogP contribution in [0.4, 0.5) is 24.7 Å². The summed E-state index contributed by atoms with van der Waals surface area (Å²) in [5.74, 6) is 0.626. The van der Waals surface area contributed by atoms with E-state index in [0.717, 1.165) is 10.4 Å². The van der Waals surface area contributed by atoms with Gasteiger partial charge in [-0.25, -0.2) is 4.68 Å². The summed E-state index contributed by atoms with van der Waals surface area (Å²) >= 11 is 0. The molecule has 0 spiro atoms. The number of piperazine rings is 1. The van der Waals surface area contributed by atoms with Crippen LogP contribution in [0.5, 0.6) is 11.5 Å². The van der Waals surface area contributed by atoms with Crippen LogP contribution in [0.15, 0.2) is 54.7 Å². The standard InChI is InChI=1S/C26H28F3N5O3/c1-36-21-9-8-17(14-22(21)37-2)20-15-23(26(27,28)29)34-24(31-20)19(16-30-34)25(35)33-12-10-32(11-13-33)18-6-4-3-5-7-18/h3-9,14,16,20,23,31H,10-13,15H2,1-2H3/t20-,23+/m1/s1. The van der Waals surface area contributed by atoms with Gasteiger partial charge in [0.25, 0.3) is 5.91 Å². The van der Waals surface area contributed by atoms with E-state index in [9.17, 15) is 18.0 Å². The zero-order valence-corrected chi connectivity index (χ0v) is 20.5. The van der Waals surface area contributed by atoms with E-state index in [1.807, 2.05) is 30.3 Å². The SMILES string of the molecule is COc1ccc([C@H]2C[C@@H](C(F)(F)F)n3ncc(C(=O)N4CCN(c5ccccc5)CC4)c3N2)cc1OC. The van der Waals surface area contributed by atoms with Crippen molar-refractivity contribution in [3.8, 4) is 11.5 Å². The first-order valence-electron chi connectivity index (χ1n) is 12.0. The molecule has 2 aromatic carbocycles. The summed E-state index contributed by atoms with van der Waals surface area (Å²) in [4.78, 5) is 17.3. The Morgan fingerprint density at radius 2 is 1.70 bits per heavy atom. The number of nitrogens with one attached hydrogen (secondary N) is 1. The summed E-state index contributed by atoms with van der Waals surface area (Å²) in [6, 6.07) is 12.3. The minimum absolute atomic E-state index is 0.0730. The first-order chi connectivity index (χ1) is 17.8. The van der Waals surface area contributed by atoms with Crippen LogP contribution in [-0.4, -0.2) is 67.2 Å². The summed E-state index contributed by atoms with van der Waals surface area (Å²) in [6.45, 7) is 2.18. The molecule has 1 N–H and O–H groups in total. The maximum absolute atomic E-state index is 14.1. The molecule has 0 saturated carbocycles. The van der Waals surface area contributed by atoms with Gasteiger partial charge in [0.2, 0.25) is 0 Å². The number of aromatic nitrogens is 2. The average molecular weight is 516 g/mol. The smallest absolute Gasteiger partial charge is 0.410 e. The van der Waals surface area contributed by atoms with Crippen LogP contribution in [0.2, 0.25) is 0 Å². The van der Waals surface area contributed by atoms with Gasteiger partial charge >= 0.3 is 6.18 Å². The lowest BCUT2D eigenvalue weighted by Gasteiger charge is -2.37. The molecule has 0 radical (unpaired) electrons. The number of hydrogen-bond donors (Lipinski definition) is 1. The van der Waals surface area contributed by atoms with Gasteiger partial charge in [0.1, 0.15) is 11.4 Å². The van der Waals surface area contributed by atoms with Gasteiger partial charge in [-0.1, -0.05) is 24.3 Å². The highest BCUT2D eigenvalue weighted by Crippen LogP contribution is 2.45. The van der Waals surface area contributed by atoms with Crippen molar-refractivity contribution in [2.24, 2.45) is 0 Å². The van der Waals surface area contributed by atoms with Gasteiger partial charge in [-0.3, -0.25) is 4.79 Å². The summed E-state index contributed by atoms with van der Waals surface area (Å²) in [5, 5.41) is 7.16. The second-order valence-corrected chi connectivity index (χ2v) is 9.07. The Labute approximate surface area is 212 Å². The lowest BCUT2D eigenvalue weighted by Crippen LogP contribution is -2.49. The largest absolute Gasteiger partial charge is 0.493 e. The van der Waals surface area contributed by atoms with Crippen LogP contribution in [0.25, 0.3) is 0 Å². The molecule has 1 amide bonds. The number of anilines is 2. The van der Waals surface area contributed by atoms with Crippen molar-refractivity contribution in [1.82, 2.24) is 14.7 Å². The van der Waals surface area contributed by atoms with E-state index in [0.29, 0.717) is 43.2 Å². The number of para-hydroxylation sites is 1. The molecular formula is C26H28F3N5O3. The molecule has 3 aromatic rings. The minimum Gasteiger partial charge on any atom is -0.493 e. The molecule has 2 atom stereocenters. The Kier molecular flexibility index (Phi) is 6.61. The normalized spacial score (nSPS) is 19.7. The second-order valence-electron chi connectivity index (χ2n) is 9.07. The third-order valence-electron chi connectivity index (χ3n) is 6.97. The zero-order chi connectivity index (χ0) is 26.2. The number of rotatable bonds is 5. The minimum atomic E-state index is -4.54. The highest BCUT2D eigenvalue weighted by molar-refractivity contribution is 5.99. The quantitative estimate of drug-likeness (QED) is 0.539. The number of carbonyl (C=O) groups is 1. The van der Waals surface area contributed by atoms with Crippen LogP contribution in [0.1, 0.15) is 34.4 Å². The Bertz CT molecular complexity index is 1260. The molecule has 1 saturated heterocycles. The number of hydrogen-bond acceptors (Lipinski definition) is 6. The highest BCUT2D eigenvalue weighted by Gasteiger charge is 2.47. The van der Waals surface area contributed by atoms with Gasteiger partial charge in [0.05, 0.1) is 26.5 Å². The van der Waals surface area contributed by atoms with Crippen molar-refractivity contribution in [2.75, 3.05) is 50.6 Å². The van der Waals surface area contributed by atoms with Crippen molar-refractivity contribution in [1.29, 1.82) is 0 Å². The Hall–Kier alpha value is -3.89. The number of carbonyl (C=O) groups excluding carboxylic acids is 1. The monoisotopic (exact) mass is 515 g/mol. The lowest BCUT2D eigenvalue weighted by atomic mass is 9.96. The van der Waals surface area contributed by atoms with E-state index in [1.165, 1.54) is 20.4 Å². The Morgan fingerprint density at radius 3 is 2.35 bits per heavy atom. The first kappa shape index (κ1) is 24.8. The summed E-state index contributed by atoms with van der Waals surface area (Å²) in [7, 11) is 2.96. The third-order valence-corrected chi connectivity index (χ3v) is 6.97. The lowest BCUT2D eigenvalue weighted by molar-refractivity contribution is -0.173. The van der Waals surface area contributed by atoms with Gasteiger partial charge in [0.15, 0.2) is 17.5 Å². The number of fused-ring (bicyclic) bond motifs is 1. The van der Waals surface area contributed by atoms with Crippen LogP contribution < -0.4 is 19.7 Å². The molecule has 37 heavy (non-hydrogen) atoms. The molecule has 196 valence electrons. The number of ether oxygens (including phenoxy) is 2. The molecule has 11 heteroatoms. The van der Waals surface area contributed by atoms with Crippen LogP contribution in [0, 0.1) is 0 Å². The Balaban J connectivity index is 1.40. The molecule has 0 aliphatic carbocycles. The number of amides is 1. The first-order valence-corrected chi connectivity index (χ1v) is 12.0. The number of methoxy groups -OCH3 is 2. The van der Waals surface area contributed by atoms with Crippen molar-refractivity contribution in [3.05, 3.63) is 65.9 Å². The van der Waals surface area contributed by atoms with E-state index in [4.69, 9.17) is 9.47 Å². The maximum Gasteiger partial charge on any atom is 0.410 e. The van der Waals surface area contributed by atoms with Crippen molar-refractivity contribution in [2.45, 2.75) is 24.7 Å². The molecule has 0 bridgehead atoms. The topological polar surface area (TPSA) is 71.9 Å². The predicted molar refractivity (Wildman–Crippen MR) is 132 cm³/mol. The molecule has 8 nitrogen and oxygen atoms in total. The molecule has 1 aromatic heterocycles. The van der Waals surface area contributed by atoms with E-state index < -0.39 is 18.3 Å². The fraction of sp³-hybridized carbons (Fsp3) is 0.385. The fourth-order valence-electron chi connectivity index (χ4n) is 4.98. The van der Waals surface area contributed by atoms with Gasteiger partial charge in [-0.05, 0) is 29.8 Å². The van der Waals surface area contributed by atoms with Crippen molar-refractivity contribution < 1.29 is 27.4 Å². The summed E-state index contributed by atoms with van der Waals surface area (Å²) < 4.78 is 53.8. The van der Waals surface area contributed by atoms with Gasteiger partial charge < -0.3 is 24.6 Å². The molecule has 2 aliphatic rings. The van der Waals surface area contributed by atoms with Crippen LogP contribution in [0.3, 0.4) is 0 Å². The van der Waals surface area contributed by atoms with Crippen LogP contribution in [-0.2, 0) is 0 Å². The summed E-state index contributed by atoms with van der Waals surface area (Å²) in [5.41, 5.74) is 1.80. The van der Waals surface area contributed by atoms with E-state index >= 15 is 0 Å². The van der Waals surface area contributed by atoms with Gasteiger partial charge in [-0.2, -0.15) is 18.3 Å². The maximum atomic E-state index is 14.1. The number of halogens is 3. The van der Waals surface area contributed by atoms with Gasteiger partial charge in [-0.15, -0.1) is 0 Å². The third kappa shape index (κ3) is 4.77. The average Bonchev–Trinajstić information content (AvgIpc) is 3.35. The van der Waals surface area contributed by atoms with E-state index in [2.05, 4.69) is 15.3 Å². The molecule has 3 heterocycles. The zero-order valence-electron chi connectivity index (χ0n) is 20.5.